The molecule has 3 nitrogen and oxygen atoms in total. The smallest absolute Gasteiger partial charge is 0.165 e. The lowest BCUT2D eigenvalue weighted by Gasteiger charge is -2.35. The molecule has 0 aliphatic heterocycles. The fourth-order valence-corrected chi connectivity index (χ4v) is 2.83. The van der Waals surface area contributed by atoms with Crippen molar-refractivity contribution in [2.24, 2.45) is 0 Å². The van der Waals surface area contributed by atoms with Crippen LogP contribution < -0.4 is 10.2 Å². The monoisotopic (exact) mass is 265 g/mol. The average molecular weight is 265 g/mol. The lowest BCUT2D eigenvalue weighted by molar-refractivity contribution is 0.335. The number of halogens is 1. The van der Waals surface area contributed by atoms with E-state index in [4.69, 9.17) is 0 Å². The minimum Gasteiger partial charge on any atom is -0.354 e. The third-order valence-electron chi connectivity index (χ3n) is 4.00. The summed E-state index contributed by atoms with van der Waals surface area (Å²) >= 11 is 0. The Hall–Kier alpha value is -1.16. The topological polar surface area (TPSA) is 28.2 Å². The summed E-state index contributed by atoms with van der Waals surface area (Å²) in [7, 11) is 1.95. The minimum atomic E-state index is -0.226. The molecule has 1 N–H and O–H groups in total. The van der Waals surface area contributed by atoms with Crippen molar-refractivity contribution in [1.29, 1.82) is 0 Å². The van der Waals surface area contributed by atoms with Crippen LogP contribution in [0.2, 0.25) is 0 Å². The highest BCUT2D eigenvalue weighted by atomic mass is 19.1. The van der Waals surface area contributed by atoms with Crippen LogP contribution in [-0.2, 0) is 0 Å². The highest BCUT2D eigenvalue weighted by molar-refractivity contribution is 5.39. The van der Waals surface area contributed by atoms with Gasteiger partial charge in [-0.2, -0.15) is 0 Å². The van der Waals surface area contributed by atoms with E-state index in [-0.39, 0.29) is 5.82 Å². The summed E-state index contributed by atoms with van der Waals surface area (Å²) in [6.45, 7) is 3.29. The Morgan fingerprint density at radius 1 is 1.37 bits per heavy atom. The third-order valence-corrected chi connectivity index (χ3v) is 4.00. The van der Waals surface area contributed by atoms with Gasteiger partial charge < -0.3 is 10.2 Å². The standard InChI is InChI=1S/C15H24FN3/c1-3-10-17-12-6-8-13(9-7-12)19(2)15-14(16)5-4-11-18-15/h4-5,11-13,17H,3,6-10H2,1-2H3. The maximum absolute atomic E-state index is 13.7. The fraction of sp³-hybridized carbons (Fsp3) is 0.667. The maximum Gasteiger partial charge on any atom is 0.165 e. The van der Waals surface area contributed by atoms with Gasteiger partial charge in [0.2, 0.25) is 0 Å². The molecule has 0 spiro atoms. The van der Waals surface area contributed by atoms with E-state index in [1.54, 1.807) is 12.3 Å². The van der Waals surface area contributed by atoms with E-state index in [1.807, 2.05) is 11.9 Å². The van der Waals surface area contributed by atoms with Crippen LogP contribution in [0.4, 0.5) is 10.2 Å². The molecule has 0 atom stereocenters. The van der Waals surface area contributed by atoms with Crippen LogP contribution in [0.3, 0.4) is 0 Å². The molecule has 1 aliphatic rings. The lowest BCUT2D eigenvalue weighted by Crippen LogP contribution is -2.41. The van der Waals surface area contributed by atoms with E-state index in [9.17, 15) is 4.39 Å². The Balaban J connectivity index is 1.89. The summed E-state index contributed by atoms with van der Waals surface area (Å²) in [4.78, 5) is 6.16. The van der Waals surface area contributed by atoms with Gasteiger partial charge in [-0.3, -0.25) is 0 Å². The molecule has 2 rings (SSSR count). The second kappa shape index (κ2) is 6.85. The van der Waals surface area contributed by atoms with Crippen LogP contribution in [0.5, 0.6) is 0 Å². The second-order valence-corrected chi connectivity index (χ2v) is 5.38. The zero-order chi connectivity index (χ0) is 13.7. The molecule has 1 aromatic rings. The lowest BCUT2D eigenvalue weighted by atomic mass is 9.90. The van der Waals surface area contributed by atoms with E-state index >= 15 is 0 Å². The molecule has 1 heterocycles. The van der Waals surface area contributed by atoms with Crippen LogP contribution in [0.1, 0.15) is 39.0 Å². The molecule has 1 saturated carbocycles. The van der Waals surface area contributed by atoms with Crippen LogP contribution >= 0.6 is 0 Å². The SMILES string of the molecule is CCCNC1CCC(N(C)c2ncccc2F)CC1. The highest BCUT2D eigenvalue weighted by Crippen LogP contribution is 2.26. The van der Waals surface area contributed by atoms with E-state index in [1.165, 1.54) is 25.3 Å². The van der Waals surface area contributed by atoms with Crippen molar-refractivity contribution < 1.29 is 4.39 Å². The molecular formula is C15H24FN3. The molecular weight excluding hydrogens is 241 g/mol. The Labute approximate surface area is 115 Å². The molecule has 0 radical (unpaired) electrons. The van der Waals surface area contributed by atoms with Crippen LogP contribution in [-0.4, -0.2) is 30.7 Å². The van der Waals surface area contributed by atoms with Gasteiger partial charge >= 0.3 is 0 Å². The molecule has 1 fully saturated rings. The van der Waals surface area contributed by atoms with Crippen molar-refractivity contribution in [2.45, 2.75) is 51.1 Å². The van der Waals surface area contributed by atoms with Gasteiger partial charge in [-0.05, 0) is 50.8 Å². The first kappa shape index (κ1) is 14.3. The predicted molar refractivity (Wildman–Crippen MR) is 76.9 cm³/mol. The van der Waals surface area contributed by atoms with E-state index in [0.717, 1.165) is 19.4 Å². The number of anilines is 1. The van der Waals surface area contributed by atoms with E-state index < -0.39 is 0 Å². The zero-order valence-electron chi connectivity index (χ0n) is 11.9. The molecule has 0 saturated heterocycles. The molecule has 0 bridgehead atoms. The number of pyridine rings is 1. The molecule has 0 aromatic carbocycles. The van der Waals surface area contributed by atoms with Crippen molar-refractivity contribution in [3.63, 3.8) is 0 Å². The van der Waals surface area contributed by atoms with Crippen molar-refractivity contribution in [2.75, 3.05) is 18.5 Å². The molecule has 1 aliphatic carbocycles. The fourth-order valence-electron chi connectivity index (χ4n) is 2.83. The summed E-state index contributed by atoms with van der Waals surface area (Å²) in [6, 6.07) is 4.16. The zero-order valence-corrected chi connectivity index (χ0v) is 11.9. The van der Waals surface area contributed by atoms with E-state index in [2.05, 4.69) is 17.2 Å². The summed E-state index contributed by atoms with van der Waals surface area (Å²) in [5.41, 5.74) is 0. The number of rotatable bonds is 5. The third kappa shape index (κ3) is 3.66. The van der Waals surface area contributed by atoms with Crippen molar-refractivity contribution in [3.05, 3.63) is 24.1 Å². The molecule has 106 valence electrons. The Morgan fingerprint density at radius 3 is 2.74 bits per heavy atom. The minimum absolute atomic E-state index is 0.226. The number of hydrogen-bond acceptors (Lipinski definition) is 3. The van der Waals surface area contributed by atoms with Crippen molar-refractivity contribution in [1.82, 2.24) is 10.3 Å². The second-order valence-electron chi connectivity index (χ2n) is 5.38. The van der Waals surface area contributed by atoms with Gasteiger partial charge in [0.15, 0.2) is 11.6 Å². The largest absolute Gasteiger partial charge is 0.354 e. The maximum atomic E-state index is 13.7. The van der Waals surface area contributed by atoms with Crippen LogP contribution in [0, 0.1) is 5.82 Å². The Morgan fingerprint density at radius 2 is 2.11 bits per heavy atom. The van der Waals surface area contributed by atoms with E-state index in [0.29, 0.717) is 17.9 Å². The van der Waals surface area contributed by atoms with Crippen molar-refractivity contribution >= 4 is 5.82 Å². The Kier molecular flexibility index (Phi) is 5.14. The number of hydrogen-bond donors (Lipinski definition) is 1. The first-order valence-electron chi connectivity index (χ1n) is 7.29. The molecule has 19 heavy (non-hydrogen) atoms. The van der Waals surface area contributed by atoms with Gasteiger partial charge in [0.05, 0.1) is 0 Å². The first-order chi connectivity index (χ1) is 9.22. The molecule has 4 heteroatoms. The quantitative estimate of drug-likeness (QED) is 0.887. The number of nitrogens with one attached hydrogen (secondary N) is 1. The van der Waals surface area contributed by atoms with Gasteiger partial charge in [0.1, 0.15) is 0 Å². The summed E-state index contributed by atoms with van der Waals surface area (Å²) < 4.78 is 13.7. The van der Waals surface area contributed by atoms with Gasteiger partial charge in [-0.25, -0.2) is 9.37 Å². The van der Waals surface area contributed by atoms with Gasteiger partial charge in [0, 0.05) is 25.3 Å². The molecule has 0 amide bonds. The Bertz CT molecular complexity index is 389. The van der Waals surface area contributed by atoms with Crippen molar-refractivity contribution in [3.8, 4) is 0 Å². The van der Waals surface area contributed by atoms with Gasteiger partial charge in [-0.1, -0.05) is 6.92 Å². The van der Waals surface area contributed by atoms with Crippen LogP contribution in [0.15, 0.2) is 18.3 Å². The summed E-state index contributed by atoms with van der Waals surface area (Å²) in [6.07, 6.45) is 7.39. The summed E-state index contributed by atoms with van der Waals surface area (Å²) in [5.74, 6) is 0.253. The number of nitrogens with zero attached hydrogens (tertiary/aromatic N) is 2. The first-order valence-corrected chi connectivity index (χ1v) is 7.29. The summed E-state index contributed by atoms with van der Waals surface area (Å²) in [5, 5.41) is 3.57. The van der Waals surface area contributed by atoms with Gasteiger partial charge in [-0.15, -0.1) is 0 Å². The molecule has 1 aromatic heterocycles. The highest BCUT2D eigenvalue weighted by Gasteiger charge is 2.25. The normalized spacial score (nSPS) is 23.3. The van der Waals surface area contributed by atoms with Crippen LogP contribution in [0.25, 0.3) is 0 Å². The molecule has 0 unspecified atom stereocenters. The predicted octanol–water partition coefficient (Wildman–Crippen LogP) is 2.97. The van der Waals surface area contributed by atoms with Gasteiger partial charge in [0.25, 0.3) is 0 Å². The number of aromatic nitrogens is 1. The average Bonchev–Trinajstić information content (AvgIpc) is 2.45.